The smallest absolute Gasteiger partial charge is 0.233 e. The third-order valence-corrected chi connectivity index (χ3v) is 5.15. The zero-order chi connectivity index (χ0) is 15.7. The number of hydrogen-bond donors (Lipinski definition) is 1. The molecule has 1 amide bonds. The van der Waals surface area contributed by atoms with E-state index in [1.54, 1.807) is 0 Å². The van der Waals surface area contributed by atoms with E-state index < -0.39 is 0 Å². The summed E-state index contributed by atoms with van der Waals surface area (Å²) in [5, 5.41) is 3.60. The zero-order valence-electron chi connectivity index (χ0n) is 14.0. The third-order valence-electron chi connectivity index (χ3n) is 5.15. The van der Waals surface area contributed by atoms with E-state index >= 15 is 0 Å². The molecule has 3 rings (SSSR count). The molecular formula is C19H28N2O. The van der Waals surface area contributed by atoms with Gasteiger partial charge in [-0.2, -0.15) is 0 Å². The number of nitrogens with zero attached hydrogens (tertiary/aromatic N) is 1. The Morgan fingerprint density at radius 3 is 2.59 bits per heavy atom. The molecule has 0 radical (unpaired) electrons. The average Bonchev–Trinajstić information content (AvgIpc) is 3.31. The number of amides is 1. The second kappa shape index (κ2) is 6.04. The fourth-order valence-corrected chi connectivity index (χ4v) is 3.72. The van der Waals surface area contributed by atoms with Crippen molar-refractivity contribution >= 4 is 5.91 Å². The van der Waals surface area contributed by atoms with E-state index in [-0.39, 0.29) is 11.5 Å². The molecule has 120 valence electrons. The van der Waals surface area contributed by atoms with Gasteiger partial charge in [0.05, 0.1) is 5.41 Å². The van der Waals surface area contributed by atoms with Crippen molar-refractivity contribution in [3.8, 4) is 0 Å². The lowest BCUT2D eigenvalue weighted by Gasteiger charge is -2.41. The van der Waals surface area contributed by atoms with Crippen molar-refractivity contribution in [1.82, 2.24) is 10.2 Å². The van der Waals surface area contributed by atoms with Crippen molar-refractivity contribution in [3.63, 3.8) is 0 Å². The van der Waals surface area contributed by atoms with E-state index in [1.165, 1.54) is 5.56 Å². The number of carbonyl (C=O) groups is 1. The molecule has 1 N–H and O–H groups in total. The summed E-state index contributed by atoms with van der Waals surface area (Å²) in [6.07, 6.45) is 3.14. The molecule has 1 heterocycles. The van der Waals surface area contributed by atoms with Gasteiger partial charge in [-0.15, -0.1) is 0 Å². The molecule has 0 aromatic heterocycles. The number of rotatable bonds is 4. The highest BCUT2D eigenvalue weighted by atomic mass is 16.2. The summed E-state index contributed by atoms with van der Waals surface area (Å²) in [4.78, 5) is 15.4. The monoisotopic (exact) mass is 300 g/mol. The Morgan fingerprint density at radius 1 is 1.32 bits per heavy atom. The molecule has 1 aliphatic carbocycles. The van der Waals surface area contributed by atoms with E-state index in [2.05, 4.69) is 43.1 Å². The molecule has 0 spiro atoms. The zero-order valence-corrected chi connectivity index (χ0v) is 14.0. The predicted octanol–water partition coefficient (Wildman–Crippen LogP) is 2.95. The second-order valence-corrected chi connectivity index (χ2v) is 7.49. The third kappa shape index (κ3) is 2.91. The van der Waals surface area contributed by atoms with Gasteiger partial charge < -0.3 is 10.2 Å². The fourth-order valence-electron chi connectivity index (χ4n) is 3.72. The Labute approximate surface area is 134 Å². The van der Waals surface area contributed by atoms with Crippen LogP contribution < -0.4 is 5.32 Å². The van der Waals surface area contributed by atoms with Crippen LogP contribution in [0.1, 0.15) is 45.6 Å². The molecule has 1 aromatic carbocycles. The van der Waals surface area contributed by atoms with Crippen LogP contribution in [-0.4, -0.2) is 36.0 Å². The normalized spacial score (nSPS) is 27.0. The Kier molecular flexibility index (Phi) is 4.26. The van der Waals surface area contributed by atoms with E-state index in [4.69, 9.17) is 0 Å². The van der Waals surface area contributed by atoms with Crippen molar-refractivity contribution in [2.75, 3.05) is 13.1 Å². The van der Waals surface area contributed by atoms with Crippen LogP contribution in [0.25, 0.3) is 0 Å². The molecule has 1 saturated carbocycles. The van der Waals surface area contributed by atoms with Crippen LogP contribution in [0, 0.1) is 5.92 Å². The van der Waals surface area contributed by atoms with Crippen molar-refractivity contribution < 1.29 is 4.79 Å². The maximum Gasteiger partial charge on any atom is 0.233 e. The van der Waals surface area contributed by atoms with Crippen LogP contribution >= 0.6 is 0 Å². The number of benzene rings is 1. The first kappa shape index (κ1) is 15.5. The van der Waals surface area contributed by atoms with Crippen LogP contribution in [-0.2, 0) is 10.2 Å². The van der Waals surface area contributed by atoms with Gasteiger partial charge in [-0.3, -0.25) is 4.79 Å². The highest BCUT2D eigenvalue weighted by molar-refractivity contribution is 5.91. The van der Waals surface area contributed by atoms with Gasteiger partial charge >= 0.3 is 0 Å². The molecule has 1 aromatic rings. The molecule has 2 unspecified atom stereocenters. The first-order chi connectivity index (χ1) is 10.5. The fraction of sp³-hybridized carbons (Fsp3) is 0.632. The largest absolute Gasteiger partial charge is 0.336 e. The van der Waals surface area contributed by atoms with Gasteiger partial charge in [0.15, 0.2) is 0 Å². The van der Waals surface area contributed by atoms with Crippen LogP contribution in [0.3, 0.4) is 0 Å². The van der Waals surface area contributed by atoms with Crippen LogP contribution in [0.15, 0.2) is 30.3 Å². The Balaban J connectivity index is 1.76. The Bertz CT molecular complexity index is 521. The Hall–Kier alpha value is -1.35. The minimum atomic E-state index is -0.227. The van der Waals surface area contributed by atoms with Crippen LogP contribution in [0.5, 0.6) is 0 Å². The highest BCUT2D eigenvalue weighted by Gasteiger charge is 2.54. The maximum atomic E-state index is 13.2. The minimum Gasteiger partial charge on any atom is -0.336 e. The summed E-state index contributed by atoms with van der Waals surface area (Å²) in [6, 6.07) is 11.1. The number of nitrogens with one attached hydrogen (secondary N) is 1. The van der Waals surface area contributed by atoms with Crippen molar-refractivity contribution in [2.24, 2.45) is 5.92 Å². The van der Waals surface area contributed by atoms with Gasteiger partial charge in [-0.1, -0.05) is 44.2 Å². The lowest BCUT2D eigenvalue weighted by atomic mass is 9.92. The molecule has 3 nitrogen and oxygen atoms in total. The van der Waals surface area contributed by atoms with Gasteiger partial charge in [0, 0.05) is 25.2 Å². The first-order valence-electron chi connectivity index (χ1n) is 8.63. The number of carbonyl (C=O) groups excluding carboxylic acids is 1. The minimum absolute atomic E-state index is 0.227. The van der Waals surface area contributed by atoms with Gasteiger partial charge in [-0.25, -0.2) is 0 Å². The predicted molar refractivity (Wildman–Crippen MR) is 89.8 cm³/mol. The molecule has 2 atom stereocenters. The Morgan fingerprint density at radius 2 is 2.00 bits per heavy atom. The summed E-state index contributed by atoms with van der Waals surface area (Å²) in [6.45, 7) is 8.43. The SMILES string of the molecule is CC(C)CC1CN(C(=O)C2(c3ccccc3)CC2)C(C)CN1. The molecule has 3 heteroatoms. The second-order valence-electron chi connectivity index (χ2n) is 7.49. The summed E-state index contributed by atoms with van der Waals surface area (Å²) in [5.41, 5.74) is 0.973. The average molecular weight is 300 g/mol. The van der Waals surface area contributed by atoms with E-state index in [0.29, 0.717) is 17.9 Å². The standard InChI is InChI=1S/C19H28N2O/c1-14(2)11-17-13-21(15(3)12-20-17)18(22)19(9-10-19)16-7-5-4-6-8-16/h4-8,14-15,17,20H,9-13H2,1-3H3. The molecule has 2 fully saturated rings. The van der Waals surface area contributed by atoms with Crippen molar-refractivity contribution in [3.05, 3.63) is 35.9 Å². The molecule has 2 aliphatic rings. The number of piperazine rings is 1. The summed E-state index contributed by atoms with van der Waals surface area (Å²) in [7, 11) is 0. The lowest BCUT2D eigenvalue weighted by Crippen LogP contribution is -2.59. The van der Waals surface area contributed by atoms with Crippen LogP contribution in [0.4, 0.5) is 0 Å². The van der Waals surface area contributed by atoms with Gasteiger partial charge in [0.25, 0.3) is 0 Å². The van der Waals surface area contributed by atoms with Gasteiger partial charge in [0.1, 0.15) is 0 Å². The molecule has 1 saturated heterocycles. The molecular weight excluding hydrogens is 272 g/mol. The van der Waals surface area contributed by atoms with Crippen LogP contribution in [0.2, 0.25) is 0 Å². The molecule has 0 bridgehead atoms. The van der Waals surface area contributed by atoms with E-state index in [9.17, 15) is 4.79 Å². The lowest BCUT2D eigenvalue weighted by molar-refractivity contribution is -0.137. The maximum absolute atomic E-state index is 13.2. The van der Waals surface area contributed by atoms with Crippen molar-refractivity contribution in [1.29, 1.82) is 0 Å². The summed E-state index contributed by atoms with van der Waals surface area (Å²) in [5.74, 6) is 1.01. The van der Waals surface area contributed by atoms with E-state index in [1.807, 2.05) is 18.2 Å². The summed E-state index contributed by atoms with van der Waals surface area (Å²) >= 11 is 0. The first-order valence-corrected chi connectivity index (χ1v) is 8.63. The molecule has 22 heavy (non-hydrogen) atoms. The molecule has 1 aliphatic heterocycles. The summed E-state index contributed by atoms with van der Waals surface area (Å²) < 4.78 is 0. The van der Waals surface area contributed by atoms with Gasteiger partial charge in [-0.05, 0) is 37.7 Å². The highest BCUT2D eigenvalue weighted by Crippen LogP contribution is 2.50. The topological polar surface area (TPSA) is 32.3 Å². The quantitative estimate of drug-likeness (QED) is 0.927. The number of hydrogen-bond acceptors (Lipinski definition) is 2. The van der Waals surface area contributed by atoms with Crippen molar-refractivity contribution in [2.45, 2.75) is 57.5 Å². The van der Waals surface area contributed by atoms with Gasteiger partial charge in [0.2, 0.25) is 5.91 Å². The van der Waals surface area contributed by atoms with E-state index in [0.717, 1.165) is 32.4 Å².